The molecule has 1 aromatic heterocycles. The molecular weight excluding hydrogens is 312 g/mol. The van der Waals surface area contributed by atoms with Crippen LogP contribution in [0.2, 0.25) is 0 Å². The maximum absolute atomic E-state index is 12.7. The van der Waals surface area contributed by atoms with Crippen molar-refractivity contribution in [1.82, 2.24) is 10.2 Å². The van der Waals surface area contributed by atoms with E-state index in [2.05, 4.69) is 29.6 Å². The van der Waals surface area contributed by atoms with Gasteiger partial charge in [-0.15, -0.1) is 23.1 Å². The summed E-state index contributed by atoms with van der Waals surface area (Å²) in [6.07, 6.45) is 2.05. The number of nitrogens with zero attached hydrogens (tertiary/aromatic N) is 1. The average Bonchev–Trinajstić information content (AvgIpc) is 3.20. The van der Waals surface area contributed by atoms with Gasteiger partial charge in [0, 0.05) is 31.6 Å². The van der Waals surface area contributed by atoms with Crippen molar-refractivity contribution in [3.8, 4) is 0 Å². The highest BCUT2D eigenvalue weighted by molar-refractivity contribution is 8.00. The number of hydrogen-bond donors (Lipinski definition) is 1. The molecule has 0 spiro atoms. The second-order valence-electron chi connectivity index (χ2n) is 5.83. The molecule has 22 heavy (non-hydrogen) atoms. The van der Waals surface area contributed by atoms with E-state index in [0.717, 1.165) is 24.5 Å². The largest absolute Gasteiger partial charge is 0.336 e. The number of rotatable bonds is 2. The van der Waals surface area contributed by atoms with E-state index >= 15 is 0 Å². The SMILES string of the molecule is CSc1ccc(C(=O)N2C[C@@H]3NCc4ccccc4[C@@H]3C2)s1. The summed E-state index contributed by atoms with van der Waals surface area (Å²) in [5.74, 6) is 0.605. The van der Waals surface area contributed by atoms with Gasteiger partial charge in [0.15, 0.2) is 0 Å². The summed E-state index contributed by atoms with van der Waals surface area (Å²) in [6, 6.07) is 13.0. The minimum absolute atomic E-state index is 0.180. The van der Waals surface area contributed by atoms with Crippen LogP contribution in [0.4, 0.5) is 0 Å². The van der Waals surface area contributed by atoms with Gasteiger partial charge in [-0.3, -0.25) is 4.79 Å². The lowest BCUT2D eigenvalue weighted by Gasteiger charge is -2.28. The molecule has 2 aromatic rings. The zero-order chi connectivity index (χ0) is 15.1. The van der Waals surface area contributed by atoms with Crippen molar-refractivity contribution in [1.29, 1.82) is 0 Å². The Bertz CT molecular complexity index is 712. The summed E-state index contributed by atoms with van der Waals surface area (Å²) in [7, 11) is 0. The molecule has 1 aromatic carbocycles. The van der Waals surface area contributed by atoms with Gasteiger partial charge in [0.2, 0.25) is 0 Å². The maximum Gasteiger partial charge on any atom is 0.264 e. The van der Waals surface area contributed by atoms with Crippen molar-refractivity contribution in [2.24, 2.45) is 0 Å². The van der Waals surface area contributed by atoms with Gasteiger partial charge in [-0.1, -0.05) is 24.3 Å². The van der Waals surface area contributed by atoms with E-state index in [9.17, 15) is 4.79 Å². The summed E-state index contributed by atoms with van der Waals surface area (Å²) in [6.45, 7) is 2.54. The lowest BCUT2D eigenvalue weighted by atomic mass is 9.87. The second kappa shape index (κ2) is 5.72. The lowest BCUT2D eigenvalue weighted by molar-refractivity contribution is 0.0793. The number of thioether (sulfide) groups is 1. The van der Waals surface area contributed by atoms with Crippen LogP contribution in [0.1, 0.15) is 26.7 Å². The Labute approximate surface area is 138 Å². The van der Waals surface area contributed by atoms with Crippen LogP contribution in [-0.4, -0.2) is 36.2 Å². The first-order valence-corrected chi connectivity index (χ1v) is 9.54. The van der Waals surface area contributed by atoms with E-state index in [1.54, 1.807) is 23.1 Å². The number of amides is 1. The molecule has 0 aliphatic carbocycles. The van der Waals surface area contributed by atoms with Gasteiger partial charge >= 0.3 is 0 Å². The highest BCUT2D eigenvalue weighted by atomic mass is 32.2. The molecule has 1 N–H and O–H groups in total. The number of thiophene rings is 1. The summed E-state index contributed by atoms with van der Waals surface area (Å²) in [4.78, 5) is 15.6. The molecule has 4 rings (SSSR count). The van der Waals surface area contributed by atoms with Gasteiger partial charge in [0.05, 0.1) is 9.09 Å². The Hall–Kier alpha value is -1.30. The second-order valence-corrected chi connectivity index (χ2v) is 8.02. The van der Waals surface area contributed by atoms with Crippen LogP contribution in [-0.2, 0) is 6.54 Å². The van der Waals surface area contributed by atoms with Crippen LogP contribution in [0, 0.1) is 0 Å². The molecule has 2 atom stereocenters. The Kier molecular flexibility index (Phi) is 3.72. The topological polar surface area (TPSA) is 32.3 Å². The molecule has 3 nitrogen and oxygen atoms in total. The Morgan fingerprint density at radius 1 is 1.27 bits per heavy atom. The molecule has 5 heteroatoms. The van der Waals surface area contributed by atoms with Crippen molar-refractivity contribution in [2.45, 2.75) is 22.7 Å². The minimum Gasteiger partial charge on any atom is -0.336 e. The molecule has 0 unspecified atom stereocenters. The molecule has 114 valence electrons. The quantitative estimate of drug-likeness (QED) is 0.859. The minimum atomic E-state index is 0.180. The van der Waals surface area contributed by atoms with Crippen LogP contribution < -0.4 is 5.32 Å². The Morgan fingerprint density at radius 2 is 2.14 bits per heavy atom. The standard InChI is InChI=1S/C17H18N2OS2/c1-21-16-7-6-15(22-16)17(20)19-9-13-12-5-3-2-4-11(12)8-18-14(13)10-19/h2-7,13-14,18H,8-10H2,1H3/t13-,14-/m0/s1. The predicted octanol–water partition coefficient (Wildman–Crippen LogP) is 3.18. The average molecular weight is 330 g/mol. The zero-order valence-electron chi connectivity index (χ0n) is 12.4. The molecule has 0 radical (unpaired) electrons. The van der Waals surface area contributed by atoms with Gasteiger partial charge in [-0.2, -0.15) is 0 Å². The van der Waals surface area contributed by atoms with E-state index in [-0.39, 0.29) is 5.91 Å². The van der Waals surface area contributed by atoms with E-state index in [1.165, 1.54) is 15.3 Å². The number of carbonyl (C=O) groups is 1. The first-order chi connectivity index (χ1) is 10.8. The first-order valence-electron chi connectivity index (χ1n) is 7.50. The molecule has 0 bridgehead atoms. The number of fused-ring (bicyclic) bond motifs is 3. The van der Waals surface area contributed by atoms with Crippen molar-refractivity contribution >= 4 is 29.0 Å². The highest BCUT2D eigenvalue weighted by Gasteiger charge is 2.39. The molecule has 0 saturated carbocycles. The van der Waals surface area contributed by atoms with E-state index < -0.39 is 0 Å². The Morgan fingerprint density at radius 3 is 2.95 bits per heavy atom. The summed E-state index contributed by atoms with van der Waals surface area (Å²) in [5.41, 5.74) is 2.79. The molecular formula is C17H18N2OS2. The van der Waals surface area contributed by atoms with Crippen molar-refractivity contribution < 1.29 is 4.79 Å². The highest BCUT2D eigenvalue weighted by Crippen LogP contribution is 2.35. The maximum atomic E-state index is 12.7. The van der Waals surface area contributed by atoms with E-state index in [0.29, 0.717) is 12.0 Å². The third-order valence-corrected chi connectivity index (χ3v) is 6.77. The summed E-state index contributed by atoms with van der Waals surface area (Å²) in [5, 5.41) is 3.60. The fourth-order valence-electron chi connectivity index (χ4n) is 3.49. The smallest absolute Gasteiger partial charge is 0.264 e. The van der Waals surface area contributed by atoms with E-state index in [1.807, 2.05) is 23.3 Å². The number of hydrogen-bond acceptors (Lipinski definition) is 4. The van der Waals surface area contributed by atoms with Gasteiger partial charge in [0.1, 0.15) is 0 Å². The first kappa shape index (κ1) is 14.3. The van der Waals surface area contributed by atoms with Crippen LogP contribution >= 0.6 is 23.1 Å². The van der Waals surface area contributed by atoms with E-state index in [4.69, 9.17) is 0 Å². The fourth-order valence-corrected chi connectivity index (χ4v) is 5.00. The number of nitrogens with one attached hydrogen (secondary N) is 1. The van der Waals surface area contributed by atoms with Crippen LogP contribution in [0.15, 0.2) is 40.6 Å². The van der Waals surface area contributed by atoms with Crippen molar-refractivity contribution in [3.63, 3.8) is 0 Å². The van der Waals surface area contributed by atoms with Crippen molar-refractivity contribution in [2.75, 3.05) is 19.3 Å². The Balaban J connectivity index is 1.56. The summed E-state index contributed by atoms with van der Waals surface area (Å²) >= 11 is 3.29. The predicted molar refractivity (Wildman–Crippen MR) is 91.8 cm³/mol. The third kappa shape index (κ3) is 2.37. The number of carbonyl (C=O) groups excluding carboxylic acids is 1. The summed E-state index contributed by atoms with van der Waals surface area (Å²) < 4.78 is 1.20. The fraction of sp³-hybridized carbons (Fsp3) is 0.353. The molecule has 1 saturated heterocycles. The zero-order valence-corrected chi connectivity index (χ0v) is 14.0. The third-order valence-electron chi connectivity index (χ3n) is 4.61. The molecule has 3 heterocycles. The van der Waals surface area contributed by atoms with Gasteiger partial charge < -0.3 is 10.2 Å². The molecule has 2 aliphatic rings. The normalized spacial score (nSPS) is 23.2. The molecule has 1 amide bonds. The van der Waals surface area contributed by atoms with Crippen molar-refractivity contribution in [3.05, 3.63) is 52.4 Å². The van der Waals surface area contributed by atoms with Crippen LogP contribution in [0.3, 0.4) is 0 Å². The number of benzene rings is 1. The lowest BCUT2D eigenvalue weighted by Crippen LogP contribution is -2.39. The monoisotopic (exact) mass is 330 g/mol. The van der Waals surface area contributed by atoms with Gasteiger partial charge in [-0.25, -0.2) is 0 Å². The van der Waals surface area contributed by atoms with Crippen LogP contribution in [0.25, 0.3) is 0 Å². The number of likely N-dealkylation sites (tertiary alicyclic amines) is 1. The van der Waals surface area contributed by atoms with Gasteiger partial charge in [0.25, 0.3) is 5.91 Å². The molecule has 1 fully saturated rings. The van der Waals surface area contributed by atoms with Crippen LogP contribution in [0.5, 0.6) is 0 Å². The van der Waals surface area contributed by atoms with Gasteiger partial charge in [-0.05, 0) is 29.5 Å². The molecule has 2 aliphatic heterocycles.